The van der Waals surface area contributed by atoms with E-state index in [9.17, 15) is 27.1 Å². The van der Waals surface area contributed by atoms with Crippen molar-refractivity contribution in [2.45, 2.75) is 32.2 Å². The van der Waals surface area contributed by atoms with Crippen molar-refractivity contribution < 1.29 is 31.8 Å². The number of alkyl halides is 2. The fourth-order valence-corrected chi connectivity index (χ4v) is 6.81. The van der Waals surface area contributed by atoms with Crippen LogP contribution in [0.5, 0.6) is 11.6 Å². The molecular formula is C34H32F2N6O5S. The Morgan fingerprint density at radius 3 is 2.54 bits per heavy atom. The molecule has 11 nitrogen and oxygen atoms in total. The van der Waals surface area contributed by atoms with Crippen molar-refractivity contribution in [2.75, 3.05) is 29.0 Å². The molecule has 1 amide bonds. The summed E-state index contributed by atoms with van der Waals surface area (Å²) in [5.41, 5.74) is 2.17. The maximum atomic E-state index is 13.2. The molecule has 0 saturated carbocycles. The molecule has 1 fully saturated rings. The summed E-state index contributed by atoms with van der Waals surface area (Å²) in [6, 6.07) is 19.0. The number of hydrogen-bond acceptors (Lipinski definition) is 8. The predicted octanol–water partition coefficient (Wildman–Crippen LogP) is 7.38. The number of hydrogen-bond donors (Lipinski definition) is 2. The topological polar surface area (TPSA) is 138 Å². The van der Waals surface area contributed by atoms with E-state index in [1.165, 1.54) is 29.2 Å². The Morgan fingerprint density at radius 2 is 1.81 bits per heavy atom. The van der Waals surface area contributed by atoms with Crippen molar-refractivity contribution in [3.05, 3.63) is 96.3 Å². The van der Waals surface area contributed by atoms with E-state index < -0.39 is 22.5 Å². The minimum Gasteiger partial charge on any atom is -0.465 e. The monoisotopic (exact) mass is 674 g/mol. The van der Waals surface area contributed by atoms with Gasteiger partial charge in [0.15, 0.2) is 0 Å². The van der Waals surface area contributed by atoms with Crippen LogP contribution in [-0.2, 0) is 10.0 Å². The van der Waals surface area contributed by atoms with Crippen LogP contribution in [0.15, 0.2) is 85.2 Å². The number of benzene rings is 3. The molecule has 14 heteroatoms. The number of nitrogens with zero attached hydrogens (tertiary/aromatic N) is 5. The Bertz CT molecular complexity index is 2080. The van der Waals surface area contributed by atoms with Gasteiger partial charge in [-0.15, -0.1) is 0 Å². The van der Waals surface area contributed by atoms with Gasteiger partial charge in [-0.1, -0.05) is 36.4 Å². The molecule has 48 heavy (non-hydrogen) atoms. The second-order valence-electron chi connectivity index (χ2n) is 11.4. The van der Waals surface area contributed by atoms with Crippen molar-refractivity contribution >= 4 is 44.2 Å². The minimum atomic E-state index is -3.90. The van der Waals surface area contributed by atoms with Crippen LogP contribution in [0.4, 0.5) is 30.9 Å². The normalized spacial score (nSPS) is 15.0. The zero-order valence-electron chi connectivity index (χ0n) is 26.0. The molecule has 0 spiro atoms. The first-order chi connectivity index (χ1) is 23.0. The van der Waals surface area contributed by atoms with Gasteiger partial charge in [0, 0.05) is 47.9 Å². The molecule has 0 aliphatic carbocycles. The van der Waals surface area contributed by atoms with Crippen molar-refractivity contribution in [2.24, 2.45) is 0 Å². The zero-order valence-corrected chi connectivity index (χ0v) is 26.9. The van der Waals surface area contributed by atoms with Crippen LogP contribution in [0.25, 0.3) is 22.0 Å². The molecule has 3 aromatic carbocycles. The van der Waals surface area contributed by atoms with Gasteiger partial charge in [0.25, 0.3) is 6.43 Å². The summed E-state index contributed by atoms with van der Waals surface area (Å²) in [5.74, 6) is 1.03. The number of fused-ring (bicyclic) bond motifs is 1. The summed E-state index contributed by atoms with van der Waals surface area (Å²) in [7, 11) is -3.90. The van der Waals surface area contributed by atoms with Gasteiger partial charge >= 0.3 is 6.09 Å². The van der Waals surface area contributed by atoms with Crippen LogP contribution in [0.1, 0.15) is 30.4 Å². The number of piperidine rings is 1. The molecule has 5 aromatic rings. The van der Waals surface area contributed by atoms with Gasteiger partial charge < -0.3 is 20.1 Å². The number of sulfonamides is 1. The lowest BCUT2D eigenvalue weighted by atomic mass is 10.0. The van der Waals surface area contributed by atoms with Crippen molar-refractivity contribution in [3.63, 3.8) is 0 Å². The molecule has 1 atom stereocenters. The molecule has 2 N–H and O–H groups in total. The minimum absolute atomic E-state index is 0.143. The fraction of sp³-hybridized carbons (Fsp3) is 0.235. The van der Waals surface area contributed by atoms with E-state index in [4.69, 9.17) is 4.74 Å². The van der Waals surface area contributed by atoms with Crippen LogP contribution in [0.3, 0.4) is 0 Å². The highest BCUT2D eigenvalue weighted by molar-refractivity contribution is 7.92. The van der Waals surface area contributed by atoms with Crippen molar-refractivity contribution in [1.82, 2.24) is 19.9 Å². The van der Waals surface area contributed by atoms with Gasteiger partial charge in [0.05, 0.1) is 28.9 Å². The fourth-order valence-electron chi connectivity index (χ4n) is 5.79. The average molecular weight is 675 g/mol. The number of anilines is 3. The van der Waals surface area contributed by atoms with Crippen molar-refractivity contribution in [1.29, 1.82) is 0 Å². The Morgan fingerprint density at radius 1 is 1.02 bits per heavy atom. The Hall–Kier alpha value is -5.37. The summed E-state index contributed by atoms with van der Waals surface area (Å²) in [4.78, 5) is 26.4. The summed E-state index contributed by atoms with van der Waals surface area (Å²) >= 11 is 0. The lowest BCUT2D eigenvalue weighted by Crippen LogP contribution is -2.44. The summed E-state index contributed by atoms with van der Waals surface area (Å²) in [6.45, 7) is 2.67. The quantitative estimate of drug-likeness (QED) is 0.164. The lowest BCUT2D eigenvalue weighted by molar-refractivity contribution is 0.132. The van der Waals surface area contributed by atoms with E-state index in [1.807, 2.05) is 13.0 Å². The SMILES string of the molecule is Cc1ccc2c(N(c3ccc(C(F)F)cc3)S(C)(=O)=O)cccc2c1Oc1ncccc1-c1ccnc(NC2CCCN(C(=O)O)C2)n1. The molecule has 1 aliphatic rings. The van der Waals surface area contributed by atoms with Crippen LogP contribution in [0, 0.1) is 6.92 Å². The zero-order chi connectivity index (χ0) is 34.0. The molecule has 3 heterocycles. The molecule has 248 valence electrons. The molecular weight excluding hydrogens is 642 g/mol. The first-order valence-electron chi connectivity index (χ1n) is 15.1. The number of carboxylic acid groups (broad SMARTS) is 1. The van der Waals surface area contributed by atoms with E-state index in [-0.39, 0.29) is 23.2 Å². The number of ether oxygens (including phenoxy) is 1. The second kappa shape index (κ2) is 13.4. The number of aromatic nitrogens is 3. The molecule has 0 radical (unpaired) electrons. The van der Waals surface area contributed by atoms with E-state index in [0.717, 1.165) is 29.0 Å². The van der Waals surface area contributed by atoms with E-state index in [1.54, 1.807) is 54.9 Å². The maximum Gasteiger partial charge on any atom is 0.407 e. The standard InChI is InChI=1S/C34H32F2N6O5S/c1-21-10-15-25-26(7-3-9-29(25)42(48(2,45)46)24-13-11-22(12-14-24)31(35)36)30(21)47-32-27(8-4-17-37-32)28-16-18-38-33(40-28)39-23-6-5-19-41(20-23)34(43)44/h3-4,7-18,23,31H,5-6,19-20H2,1-2H3,(H,43,44)(H,38,39,40). The number of likely N-dealkylation sites (tertiary alicyclic amines) is 1. The maximum absolute atomic E-state index is 13.2. The summed E-state index contributed by atoms with van der Waals surface area (Å²) < 4.78 is 60.3. The van der Waals surface area contributed by atoms with E-state index in [0.29, 0.717) is 52.5 Å². The Labute approximate surface area is 275 Å². The summed E-state index contributed by atoms with van der Waals surface area (Å²) in [5, 5.41) is 13.8. The van der Waals surface area contributed by atoms with Crippen molar-refractivity contribution in [3.8, 4) is 22.9 Å². The van der Waals surface area contributed by atoms with Gasteiger partial charge in [0.1, 0.15) is 5.75 Å². The number of carbonyl (C=O) groups is 1. The number of amides is 1. The highest BCUT2D eigenvalue weighted by Crippen LogP contribution is 2.42. The van der Waals surface area contributed by atoms with E-state index >= 15 is 0 Å². The lowest BCUT2D eigenvalue weighted by Gasteiger charge is -2.31. The molecule has 1 saturated heterocycles. The average Bonchev–Trinajstić information content (AvgIpc) is 3.06. The number of pyridine rings is 1. The molecule has 0 bridgehead atoms. The predicted molar refractivity (Wildman–Crippen MR) is 179 cm³/mol. The van der Waals surface area contributed by atoms with Crippen LogP contribution in [-0.4, -0.2) is 64.9 Å². The first kappa shape index (κ1) is 32.6. The smallest absolute Gasteiger partial charge is 0.407 e. The number of aryl methyl sites for hydroxylation is 1. The second-order valence-corrected chi connectivity index (χ2v) is 13.3. The van der Waals surface area contributed by atoms with Crippen LogP contribution in [0.2, 0.25) is 0 Å². The Kier molecular flexibility index (Phi) is 9.09. The number of nitrogens with one attached hydrogen (secondary N) is 1. The summed E-state index contributed by atoms with van der Waals surface area (Å²) in [6.07, 6.45) is 2.10. The van der Waals surface area contributed by atoms with Crippen LogP contribution < -0.4 is 14.4 Å². The van der Waals surface area contributed by atoms with E-state index in [2.05, 4.69) is 20.3 Å². The van der Waals surface area contributed by atoms with Gasteiger partial charge in [0.2, 0.25) is 21.9 Å². The molecule has 1 aliphatic heterocycles. The molecule has 6 rings (SSSR count). The third kappa shape index (κ3) is 6.83. The highest BCUT2D eigenvalue weighted by atomic mass is 32.2. The largest absolute Gasteiger partial charge is 0.465 e. The van der Waals surface area contributed by atoms with Gasteiger partial charge in [-0.2, -0.15) is 0 Å². The number of halogens is 2. The Balaban J connectivity index is 1.36. The van der Waals surface area contributed by atoms with Gasteiger partial charge in [-0.25, -0.2) is 41.3 Å². The van der Waals surface area contributed by atoms with Crippen LogP contribution >= 0.6 is 0 Å². The molecule has 1 unspecified atom stereocenters. The van der Waals surface area contributed by atoms with Gasteiger partial charge in [-0.05, 0) is 61.7 Å². The third-order valence-electron chi connectivity index (χ3n) is 8.04. The number of rotatable bonds is 9. The first-order valence-corrected chi connectivity index (χ1v) is 17.0. The highest BCUT2D eigenvalue weighted by Gasteiger charge is 2.25. The third-order valence-corrected chi connectivity index (χ3v) is 9.11. The molecule has 2 aromatic heterocycles. The van der Waals surface area contributed by atoms with Gasteiger partial charge in [-0.3, -0.25) is 0 Å².